The van der Waals surface area contributed by atoms with E-state index in [0.717, 1.165) is 38.3 Å². The molecular formula is C16H24N2O. The van der Waals surface area contributed by atoms with Crippen LogP contribution in [0.5, 0.6) is 5.75 Å². The highest BCUT2D eigenvalue weighted by Gasteiger charge is 2.02. The van der Waals surface area contributed by atoms with Crippen LogP contribution < -0.4 is 10.5 Å². The lowest BCUT2D eigenvalue weighted by atomic mass is 10.2. The van der Waals surface area contributed by atoms with Crippen molar-refractivity contribution in [3.05, 3.63) is 30.5 Å². The predicted molar refractivity (Wildman–Crippen MR) is 80.6 cm³/mol. The number of aryl methyl sites for hydroxylation is 1. The molecule has 3 heteroatoms. The summed E-state index contributed by atoms with van der Waals surface area (Å²) in [6, 6.07) is 8.51. The van der Waals surface area contributed by atoms with Gasteiger partial charge in [-0.2, -0.15) is 0 Å². The molecule has 19 heavy (non-hydrogen) atoms. The van der Waals surface area contributed by atoms with E-state index < -0.39 is 0 Å². The topological polar surface area (TPSA) is 40.2 Å². The first-order valence-electron chi connectivity index (χ1n) is 7.27. The maximum Gasteiger partial charge on any atom is 0.120 e. The van der Waals surface area contributed by atoms with E-state index in [9.17, 15) is 0 Å². The van der Waals surface area contributed by atoms with Gasteiger partial charge in [0.25, 0.3) is 0 Å². The maximum absolute atomic E-state index is 5.66. The second-order valence-corrected chi connectivity index (χ2v) is 4.93. The highest BCUT2D eigenvalue weighted by Crippen LogP contribution is 2.22. The molecule has 0 atom stereocenters. The van der Waals surface area contributed by atoms with Gasteiger partial charge in [0.1, 0.15) is 5.75 Å². The predicted octanol–water partition coefficient (Wildman–Crippen LogP) is 3.56. The van der Waals surface area contributed by atoms with Gasteiger partial charge in [-0.25, -0.2) is 0 Å². The largest absolute Gasteiger partial charge is 0.494 e. The molecule has 0 aliphatic heterocycles. The van der Waals surface area contributed by atoms with E-state index in [-0.39, 0.29) is 0 Å². The standard InChI is InChI=1S/C16H24N2O/c1-2-12-19-15-6-7-16-14(13-15)8-11-18(16)10-5-3-4-9-17/h6-8,11,13H,2-5,9-10,12,17H2,1H3. The summed E-state index contributed by atoms with van der Waals surface area (Å²) in [4.78, 5) is 0. The first-order valence-corrected chi connectivity index (χ1v) is 7.27. The van der Waals surface area contributed by atoms with Gasteiger partial charge in [0.15, 0.2) is 0 Å². The minimum Gasteiger partial charge on any atom is -0.494 e. The fourth-order valence-electron chi connectivity index (χ4n) is 2.29. The van der Waals surface area contributed by atoms with Crippen LogP contribution in [0.4, 0.5) is 0 Å². The van der Waals surface area contributed by atoms with Gasteiger partial charge in [-0.15, -0.1) is 0 Å². The van der Waals surface area contributed by atoms with Crippen molar-refractivity contribution in [2.24, 2.45) is 5.73 Å². The van der Waals surface area contributed by atoms with Crippen molar-refractivity contribution in [3.63, 3.8) is 0 Å². The molecule has 0 saturated carbocycles. The lowest BCUT2D eigenvalue weighted by Gasteiger charge is -2.07. The van der Waals surface area contributed by atoms with Crippen molar-refractivity contribution in [1.82, 2.24) is 4.57 Å². The van der Waals surface area contributed by atoms with E-state index in [1.807, 2.05) is 0 Å². The molecule has 1 aromatic carbocycles. The van der Waals surface area contributed by atoms with Crippen molar-refractivity contribution < 1.29 is 4.74 Å². The Labute approximate surface area is 115 Å². The number of rotatable bonds is 8. The van der Waals surface area contributed by atoms with Crippen LogP contribution >= 0.6 is 0 Å². The SMILES string of the molecule is CCCOc1ccc2c(ccn2CCCCCN)c1. The number of nitrogens with zero attached hydrogens (tertiary/aromatic N) is 1. The van der Waals surface area contributed by atoms with Crippen LogP contribution in [0, 0.1) is 0 Å². The van der Waals surface area contributed by atoms with Gasteiger partial charge in [0, 0.05) is 23.6 Å². The van der Waals surface area contributed by atoms with Crippen LogP contribution in [0.1, 0.15) is 32.6 Å². The Bertz CT molecular complexity index is 504. The number of nitrogens with two attached hydrogens (primary N) is 1. The third kappa shape index (κ3) is 3.74. The molecule has 1 heterocycles. The highest BCUT2D eigenvalue weighted by atomic mass is 16.5. The highest BCUT2D eigenvalue weighted by molar-refractivity contribution is 5.81. The normalized spacial score (nSPS) is 11.1. The molecule has 1 aromatic heterocycles. The number of ether oxygens (including phenoxy) is 1. The van der Waals surface area contributed by atoms with Gasteiger partial charge in [-0.3, -0.25) is 0 Å². The van der Waals surface area contributed by atoms with Gasteiger partial charge in [0.2, 0.25) is 0 Å². The third-order valence-electron chi connectivity index (χ3n) is 3.32. The molecule has 0 saturated heterocycles. The summed E-state index contributed by atoms with van der Waals surface area (Å²) >= 11 is 0. The molecule has 0 spiro atoms. The van der Waals surface area contributed by atoms with Gasteiger partial charge in [-0.1, -0.05) is 13.3 Å². The van der Waals surface area contributed by atoms with Crippen LogP contribution in [0.25, 0.3) is 10.9 Å². The lowest BCUT2D eigenvalue weighted by molar-refractivity contribution is 0.318. The van der Waals surface area contributed by atoms with Crippen molar-refractivity contribution >= 4 is 10.9 Å². The van der Waals surface area contributed by atoms with Crippen molar-refractivity contribution in [1.29, 1.82) is 0 Å². The first kappa shape index (κ1) is 13.9. The summed E-state index contributed by atoms with van der Waals surface area (Å²) in [5.74, 6) is 0.968. The van der Waals surface area contributed by atoms with Crippen LogP contribution in [0.2, 0.25) is 0 Å². The number of fused-ring (bicyclic) bond motifs is 1. The monoisotopic (exact) mass is 260 g/mol. The molecule has 0 aliphatic carbocycles. The van der Waals surface area contributed by atoms with E-state index in [2.05, 4.69) is 42.0 Å². The Hall–Kier alpha value is -1.48. The Morgan fingerprint density at radius 2 is 2.05 bits per heavy atom. The number of benzene rings is 1. The van der Waals surface area contributed by atoms with Gasteiger partial charge < -0.3 is 15.0 Å². The molecule has 104 valence electrons. The molecule has 2 rings (SSSR count). The Kier molecular flexibility index (Phi) is 5.28. The van der Waals surface area contributed by atoms with E-state index in [1.165, 1.54) is 23.7 Å². The summed E-state index contributed by atoms with van der Waals surface area (Å²) in [7, 11) is 0. The Balaban J connectivity index is 2.02. The summed E-state index contributed by atoms with van der Waals surface area (Å²) < 4.78 is 7.98. The zero-order valence-corrected chi connectivity index (χ0v) is 11.8. The molecule has 0 amide bonds. The second-order valence-electron chi connectivity index (χ2n) is 4.93. The van der Waals surface area contributed by atoms with Crippen LogP contribution in [0.3, 0.4) is 0 Å². The minimum atomic E-state index is 0.783. The Morgan fingerprint density at radius 3 is 2.84 bits per heavy atom. The second kappa shape index (κ2) is 7.19. The zero-order chi connectivity index (χ0) is 13.5. The molecule has 0 aliphatic rings. The quantitative estimate of drug-likeness (QED) is 0.737. The van der Waals surface area contributed by atoms with E-state index in [0.29, 0.717) is 0 Å². The van der Waals surface area contributed by atoms with E-state index in [4.69, 9.17) is 10.5 Å². The average molecular weight is 260 g/mol. The molecule has 0 bridgehead atoms. The number of unbranched alkanes of at least 4 members (excludes halogenated alkanes) is 2. The van der Waals surface area contributed by atoms with E-state index in [1.54, 1.807) is 0 Å². The summed E-state index contributed by atoms with van der Waals surface area (Å²) in [6.45, 7) is 4.77. The fraction of sp³-hybridized carbons (Fsp3) is 0.500. The lowest BCUT2D eigenvalue weighted by Crippen LogP contribution is -2.00. The van der Waals surface area contributed by atoms with Crippen molar-refractivity contribution in [2.45, 2.75) is 39.2 Å². The maximum atomic E-state index is 5.66. The summed E-state index contributed by atoms with van der Waals surface area (Å²) in [5, 5.41) is 1.26. The smallest absolute Gasteiger partial charge is 0.120 e. The number of hydrogen-bond acceptors (Lipinski definition) is 2. The number of hydrogen-bond donors (Lipinski definition) is 1. The molecule has 2 N–H and O–H groups in total. The van der Waals surface area contributed by atoms with Crippen LogP contribution in [0.15, 0.2) is 30.5 Å². The molecule has 2 aromatic rings. The van der Waals surface area contributed by atoms with Gasteiger partial charge >= 0.3 is 0 Å². The molecule has 3 nitrogen and oxygen atoms in total. The Morgan fingerprint density at radius 1 is 1.16 bits per heavy atom. The van der Waals surface area contributed by atoms with Gasteiger partial charge in [0.05, 0.1) is 6.61 Å². The molecule has 0 unspecified atom stereocenters. The third-order valence-corrected chi connectivity index (χ3v) is 3.32. The fourth-order valence-corrected chi connectivity index (χ4v) is 2.29. The molecule has 0 fully saturated rings. The summed E-state index contributed by atoms with van der Waals surface area (Å²) in [5.41, 5.74) is 6.80. The minimum absolute atomic E-state index is 0.783. The first-order chi connectivity index (χ1) is 9.35. The number of aromatic nitrogens is 1. The van der Waals surface area contributed by atoms with Gasteiger partial charge in [-0.05, 0) is 50.1 Å². The zero-order valence-electron chi connectivity index (χ0n) is 11.8. The molecule has 0 radical (unpaired) electrons. The average Bonchev–Trinajstić information content (AvgIpc) is 2.84. The summed E-state index contributed by atoms with van der Waals surface area (Å²) in [6.07, 6.45) is 6.72. The van der Waals surface area contributed by atoms with Crippen LogP contribution in [-0.2, 0) is 6.54 Å². The van der Waals surface area contributed by atoms with Crippen LogP contribution in [-0.4, -0.2) is 17.7 Å². The van der Waals surface area contributed by atoms with E-state index >= 15 is 0 Å². The van der Waals surface area contributed by atoms with Crippen molar-refractivity contribution in [3.8, 4) is 5.75 Å². The molecular weight excluding hydrogens is 236 g/mol. The van der Waals surface area contributed by atoms with Crippen molar-refractivity contribution in [2.75, 3.05) is 13.2 Å².